The predicted octanol–water partition coefficient (Wildman–Crippen LogP) is 6.77. The summed E-state index contributed by atoms with van der Waals surface area (Å²) >= 11 is 6.45. The largest absolute Gasteiger partial charge is 0.486 e. The molecule has 5 aromatic rings. The van der Waals surface area contributed by atoms with Gasteiger partial charge in [0.05, 0.1) is 23.1 Å². The van der Waals surface area contributed by atoms with Gasteiger partial charge in [0.1, 0.15) is 5.58 Å². The average Bonchev–Trinajstić information content (AvgIpc) is 3.22. The highest BCUT2D eigenvalue weighted by Gasteiger charge is 2.34. The van der Waals surface area contributed by atoms with E-state index in [1.165, 1.54) is 4.90 Å². The Morgan fingerprint density at radius 3 is 2.08 bits per heavy atom. The molecule has 0 saturated heterocycles. The number of nitrogens with zero attached hydrogens (tertiary/aromatic N) is 1. The van der Waals surface area contributed by atoms with Crippen molar-refractivity contribution in [3.05, 3.63) is 135 Å². The minimum Gasteiger partial charge on any atom is -0.486 e. The fourth-order valence-electron chi connectivity index (χ4n) is 5.01. The van der Waals surface area contributed by atoms with Crippen LogP contribution in [0.5, 0.6) is 5.75 Å². The minimum atomic E-state index is -0.336. The van der Waals surface area contributed by atoms with E-state index in [0.29, 0.717) is 51.3 Å². The smallest absolute Gasteiger partial charge is 0.261 e. The number of hydrogen-bond donors (Lipinski definition) is 0. The number of halogens is 1. The summed E-state index contributed by atoms with van der Waals surface area (Å²) < 4.78 is 12.5. The van der Waals surface area contributed by atoms with Crippen LogP contribution in [0.25, 0.3) is 22.3 Å². The molecule has 0 bridgehead atoms. The molecule has 6 nitrogen and oxygen atoms in total. The molecule has 198 valence electrons. The highest BCUT2D eigenvalue weighted by Crippen LogP contribution is 2.34. The molecule has 0 fully saturated rings. The van der Waals surface area contributed by atoms with Crippen LogP contribution in [-0.2, 0) is 6.42 Å². The Hall–Kier alpha value is -4.68. The molecular weight excluding hydrogens is 526 g/mol. The van der Waals surface area contributed by atoms with Gasteiger partial charge in [0.15, 0.2) is 5.76 Å². The van der Waals surface area contributed by atoms with Crippen LogP contribution in [0, 0.1) is 0 Å². The summed E-state index contributed by atoms with van der Waals surface area (Å²) in [5, 5.41) is 0.753. The number of imide groups is 1. The van der Waals surface area contributed by atoms with Crippen LogP contribution in [-0.4, -0.2) is 29.9 Å². The van der Waals surface area contributed by atoms with Crippen molar-refractivity contribution < 1.29 is 18.7 Å². The first-order valence-electron chi connectivity index (χ1n) is 13.0. The molecule has 6 rings (SSSR count). The van der Waals surface area contributed by atoms with Crippen molar-refractivity contribution >= 4 is 34.4 Å². The molecule has 0 aliphatic carbocycles. The summed E-state index contributed by atoms with van der Waals surface area (Å²) in [6.45, 7) is 0.264. The number of rotatable bonds is 8. The zero-order valence-corrected chi connectivity index (χ0v) is 22.2. The molecule has 0 unspecified atom stereocenters. The number of benzene rings is 4. The normalized spacial score (nSPS) is 12.7. The van der Waals surface area contributed by atoms with E-state index in [-0.39, 0.29) is 36.1 Å². The van der Waals surface area contributed by atoms with Gasteiger partial charge in [-0.25, -0.2) is 0 Å². The molecule has 0 atom stereocenters. The molecule has 2 amide bonds. The van der Waals surface area contributed by atoms with Crippen molar-refractivity contribution in [2.75, 3.05) is 13.2 Å². The van der Waals surface area contributed by atoms with Crippen LogP contribution in [0.4, 0.5) is 0 Å². The maximum Gasteiger partial charge on any atom is 0.261 e. The second-order valence-electron chi connectivity index (χ2n) is 9.57. The molecule has 0 N–H and O–H groups in total. The topological polar surface area (TPSA) is 76.8 Å². The second-order valence-corrected chi connectivity index (χ2v) is 10.0. The fraction of sp³-hybridized carbons (Fsp3) is 0.121. The van der Waals surface area contributed by atoms with Gasteiger partial charge in [-0.15, -0.1) is 0 Å². The zero-order chi connectivity index (χ0) is 27.6. The van der Waals surface area contributed by atoms with E-state index in [1.54, 1.807) is 30.3 Å². The molecule has 40 heavy (non-hydrogen) atoms. The monoisotopic (exact) mass is 549 g/mol. The Morgan fingerprint density at radius 1 is 0.775 bits per heavy atom. The first-order valence-corrected chi connectivity index (χ1v) is 13.4. The van der Waals surface area contributed by atoms with Crippen molar-refractivity contribution in [3.8, 4) is 17.1 Å². The van der Waals surface area contributed by atoms with Crippen LogP contribution in [0.3, 0.4) is 0 Å². The third kappa shape index (κ3) is 4.78. The van der Waals surface area contributed by atoms with Crippen LogP contribution >= 0.6 is 11.6 Å². The van der Waals surface area contributed by atoms with Gasteiger partial charge < -0.3 is 9.15 Å². The Bertz CT molecular complexity index is 1760. The molecule has 0 spiro atoms. The second kappa shape index (κ2) is 10.8. The summed E-state index contributed by atoms with van der Waals surface area (Å²) in [6, 6.07) is 29.4. The van der Waals surface area contributed by atoms with E-state index in [4.69, 9.17) is 20.8 Å². The van der Waals surface area contributed by atoms with Gasteiger partial charge >= 0.3 is 0 Å². The number of hydrogen-bond acceptors (Lipinski definition) is 5. The standard InChI is InChI=1S/C33H24ClNO5/c34-24-19-23(18-21-10-3-1-4-11-21)29-27(20-24)28(36)31(30(40-29)22-12-5-2-6-13-22)39-17-9-16-35-32(37)25-14-7-8-15-26(25)33(35)38/h1-8,10-15,19-20H,9,16-18H2. The maximum absolute atomic E-state index is 13.8. The molecule has 1 aliphatic rings. The van der Waals surface area contributed by atoms with Crippen molar-refractivity contribution in [1.29, 1.82) is 0 Å². The Kier molecular flexibility index (Phi) is 6.93. The van der Waals surface area contributed by atoms with Crippen molar-refractivity contribution in [2.45, 2.75) is 12.8 Å². The third-order valence-corrected chi connectivity index (χ3v) is 7.13. The summed E-state index contributed by atoms with van der Waals surface area (Å²) in [7, 11) is 0. The quantitative estimate of drug-likeness (QED) is 0.158. The number of fused-ring (bicyclic) bond motifs is 2. The molecule has 1 aliphatic heterocycles. The van der Waals surface area contributed by atoms with Gasteiger partial charge in [0, 0.05) is 29.1 Å². The van der Waals surface area contributed by atoms with Gasteiger partial charge in [-0.05, 0) is 36.2 Å². The lowest BCUT2D eigenvalue weighted by molar-refractivity contribution is 0.0646. The van der Waals surface area contributed by atoms with Gasteiger partial charge in [0.25, 0.3) is 11.8 Å². The molecule has 1 aromatic heterocycles. The fourth-order valence-corrected chi connectivity index (χ4v) is 5.25. The maximum atomic E-state index is 13.8. The van der Waals surface area contributed by atoms with E-state index in [1.807, 2.05) is 66.7 Å². The molecule has 2 heterocycles. The van der Waals surface area contributed by atoms with Crippen LogP contribution < -0.4 is 10.2 Å². The molecule has 4 aromatic carbocycles. The number of carbonyl (C=O) groups is 2. The number of carbonyl (C=O) groups excluding carboxylic acids is 2. The van der Waals surface area contributed by atoms with Gasteiger partial charge in [-0.1, -0.05) is 84.4 Å². The van der Waals surface area contributed by atoms with Gasteiger partial charge in [0.2, 0.25) is 11.2 Å². The van der Waals surface area contributed by atoms with Crippen molar-refractivity contribution in [1.82, 2.24) is 4.90 Å². The summed E-state index contributed by atoms with van der Waals surface area (Å²) in [6.07, 6.45) is 0.877. The van der Waals surface area contributed by atoms with E-state index >= 15 is 0 Å². The molecule has 0 radical (unpaired) electrons. The van der Waals surface area contributed by atoms with E-state index in [2.05, 4.69) is 0 Å². The highest BCUT2D eigenvalue weighted by atomic mass is 35.5. The summed E-state index contributed by atoms with van der Waals surface area (Å²) in [4.78, 5) is 40.4. The van der Waals surface area contributed by atoms with Gasteiger partial charge in [-0.2, -0.15) is 0 Å². The summed E-state index contributed by atoms with van der Waals surface area (Å²) in [5.74, 6) is -0.266. The van der Waals surface area contributed by atoms with E-state index < -0.39 is 0 Å². The third-order valence-electron chi connectivity index (χ3n) is 6.92. The Morgan fingerprint density at radius 2 is 1.40 bits per heavy atom. The first-order chi connectivity index (χ1) is 19.5. The average molecular weight is 550 g/mol. The minimum absolute atomic E-state index is 0.0639. The number of ether oxygens (including phenoxy) is 1. The highest BCUT2D eigenvalue weighted by molar-refractivity contribution is 6.31. The lowest BCUT2D eigenvalue weighted by Gasteiger charge is -2.16. The first kappa shape index (κ1) is 25.6. The van der Waals surface area contributed by atoms with Crippen LogP contribution in [0.1, 0.15) is 38.3 Å². The lowest BCUT2D eigenvalue weighted by Crippen LogP contribution is -2.31. The predicted molar refractivity (Wildman–Crippen MR) is 154 cm³/mol. The van der Waals surface area contributed by atoms with Gasteiger partial charge in [-0.3, -0.25) is 19.3 Å². The van der Waals surface area contributed by atoms with Crippen molar-refractivity contribution in [2.24, 2.45) is 0 Å². The number of amides is 2. The Balaban J connectivity index is 1.31. The van der Waals surface area contributed by atoms with Crippen LogP contribution in [0.2, 0.25) is 5.02 Å². The molecule has 0 saturated carbocycles. The van der Waals surface area contributed by atoms with E-state index in [0.717, 1.165) is 11.1 Å². The Labute approximate surface area is 235 Å². The van der Waals surface area contributed by atoms with Crippen molar-refractivity contribution in [3.63, 3.8) is 0 Å². The molecule has 7 heteroatoms. The zero-order valence-electron chi connectivity index (χ0n) is 21.4. The van der Waals surface area contributed by atoms with Crippen LogP contribution in [0.15, 0.2) is 106 Å². The van der Waals surface area contributed by atoms with E-state index in [9.17, 15) is 14.4 Å². The summed E-state index contributed by atoms with van der Waals surface area (Å²) in [5.41, 5.74) is 3.46. The SMILES string of the molecule is O=C1c2ccccc2C(=O)N1CCCOc1c(-c2ccccc2)oc2c(Cc3ccccc3)cc(Cl)cc2c1=O. The molecular formula is C33H24ClNO5. The lowest BCUT2D eigenvalue weighted by atomic mass is 10.0.